The summed E-state index contributed by atoms with van der Waals surface area (Å²) in [5, 5.41) is 3.46. The molecular weight excluding hydrogens is 294 g/mol. The molecule has 0 amide bonds. The van der Waals surface area contributed by atoms with Gasteiger partial charge in [0.05, 0.1) is 11.8 Å². The van der Waals surface area contributed by atoms with Crippen LogP contribution in [0.15, 0.2) is 0 Å². The lowest BCUT2D eigenvalue weighted by Crippen LogP contribution is -2.18. The first-order chi connectivity index (χ1) is 11.1. The van der Waals surface area contributed by atoms with E-state index in [-0.39, 0.29) is 36.0 Å². The monoisotopic (exact) mass is 325 g/mol. The quantitative estimate of drug-likeness (QED) is 0.494. The maximum Gasteiger partial charge on any atom is 0.309 e. The molecule has 132 valence electrons. The van der Waals surface area contributed by atoms with Gasteiger partial charge in [-0.05, 0) is 64.5 Å². The Morgan fingerprint density at radius 2 is 1.26 bits per heavy atom. The van der Waals surface area contributed by atoms with E-state index in [2.05, 4.69) is 5.32 Å². The van der Waals surface area contributed by atoms with Gasteiger partial charge in [0.2, 0.25) is 0 Å². The molecule has 2 heterocycles. The maximum atomic E-state index is 11.3. The summed E-state index contributed by atoms with van der Waals surface area (Å²) in [4.78, 5) is 22.6. The largest absolute Gasteiger partial charge is 0.462 e. The molecule has 0 radical (unpaired) electrons. The molecule has 5 nitrogen and oxygen atoms in total. The van der Waals surface area contributed by atoms with Crippen molar-refractivity contribution in [2.45, 2.75) is 77.4 Å². The van der Waals surface area contributed by atoms with Crippen molar-refractivity contribution in [2.24, 2.45) is 11.8 Å². The van der Waals surface area contributed by atoms with Gasteiger partial charge in [0.15, 0.2) is 0 Å². The molecule has 2 aliphatic heterocycles. The molecule has 0 bridgehead atoms. The standard InChI is InChI=1S/C18H31NO4/c1-13-11-15(22-17(13)20)7-3-5-9-19-10-6-4-8-16-12-14(2)18(21)23-16/h13-16,19H,3-12H2,1-2H3/t13-,14-,15-,16-/m1/s1. The van der Waals surface area contributed by atoms with Crippen LogP contribution in [-0.4, -0.2) is 37.2 Å². The number of cyclic esters (lactones) is 2. The number of carbonyl (C=O) groups excluding carboxylic acids is 2. The van der Waals surface area contributed by atoms with E-state index in [0.29, 0.717) is 0 Å². The molecule has 2 fully saturated rings. The van der Waals surface area contributed by atoms with Crippen LogP contribution in [-0.2, 0) is 19.1 Å². The van der Waals surface area contributed by atoms with E-state index >= 15 is 0 Å². The van der Waals surface area contributed by atoms with E-state index in [1.54, 1.807) is 0 Å². The van der Waals surface area contributed by atoms with Crippen LogP contribution < -0.4 is 5.32 Å². The van der Waals surface area contributed by atoms with Gasteiger partial charge in [0.25, 0.3) is 0 Å². The predicted molar refractivity (Wildman–Crippen MR) is 87.9 cm³/mol. The first-order valence-electron chi connectivity index (χ1n) is 9.18. The van der Waals surface area contributed by atoms with Gasteiger partial charge in [-0.3, -0.25) is 9.59 Å². The number of rotatable bonds is 10. The molecule has 1 N–H and O–H groups in total. The van der Waals surface area contributed by atoms with Crippen LogP contribution in [0.25, 0.3) is 0 Å². The van der Waals surface area contributed by atoms with Crippen LogP contribution in [0.2, 0.25) is 0 Å². The van der Waals surface area contributed by atoms with Crippen LogP contribution in [0.3, 0.4) is 0 Å². The first-order valence-corrected chi connectivity index (χ1v) is 9.18. The van der Waals surface area contributed by atoms with Gasteiger partial charge >= 0.3 is 11.9 Å². The van der Waals surface area contributed by atoms with Gasteiger partial charge in [0, 0.05) is 0 Å². The average Bonchev–Trinajstić information content (AvgIpc) is 2.99. The molecule has 0 aliphatic carbocycles. The van der Waals surface area contributed by atoms with E-state index in [1.807, 2.05) is 13.8 Å². The van der Waals surface area contributed by atoms with Crippen molar-refractivity contribution in [2.75, 3.05) is 13.1 Å². The number of hydrogen-bond donors (Lipinski definition) is 1. The summed E-state index contributed by atoms with van der Waals surface area (Å²) < 4.78 is 10.6. The highest BCUT2D eigenvalue weighted by Gasteiger charge is 2.30. The van der Waals surface area contributed by atoms with Crippen molar-refractivity contribution < 1.29 is 19.1 Å². The Labute approximate surface area is 139 Å². The van der Waals surface area contributed by atoms with E-state index < -0.39 is 0 Å². The normalized spacial score (nSPS) is 30.5. The molecule has 2 saturated heterocycles. The molecule has 0 unspecified atom stereocenters. The first kappa shape index (κ1) is 18.2. The molecule has 2 rings (SSSR count). The minimum absolute atomic E-state index is 0.0320. The van der Waals surface area contributed by atoms with Gasteiger partial charge in [-0.15, -0.1) is 0 Å². The highest BCUT2D eigenvalue weighted by molar-refractivity contribution is 5.74. The third-order valence-corrected chi connectivity index (χ3v) is 4.86. The van der Waals surface area contributed by atoms with Crippen LogP contribution >= 0.6 is 0 Å². The number of esters is 2. The molecule has 0 aromatic heterocycles. The molecule has 4 atom stereocenters. The van der Waals surface area contributed by atoms with Crippen molar-refractivity contribution in [1.82, 2.24) is 5.32 Å². The van der Waals surface area contributed by atoms with Gasteiger partial charge < -0.3 is 14.8 Å². The Hall–Kier alpha value is -1.10. The van der Waals surface area contributed by atoms with E-state index in [9.17, 15) is 9.59 Å². The molecule has 23 heavy (non-hydrogen) atoms. The third kappa shape index (κ3) is 6.13. The van der Waals surface area contributed by atoms with Crippen molar-refractivity contribution in [3.05, 3.63) is 0 Å². The highest BCUT2D eigenvalue weighted by atomic mass is 16.6. The fraction of sp³-hybridized carbons (Fsp3) is 0.889. The molecule has 2 aliphatic rings. The highest BCUT2D eigenvalue weighted by Crippen LogP contribution is 2.24. The lowest BCUT2D eigenvalue weighted by Gasteiger charge is -2.10. The number of nitrogens with one attached hydrogen (secondary N) is 1. The molecule has 0 saturated carbocycles. The summed E-state index contributed by atoms with van der Waals surface area (Å²) in [7, 11) is 0. The number of carbonyl (C=O) groups is 2. The van der Waals surface area contributed by atoms with Crippen molar-refractivity contribution in [3.8, 4) is 0 Å². The second kappa shape index (κ2) is 9.26. The van der Waals surface area contributed by atoms with Gasteiger partial charge in [-0.2, -0.15) is 0 Å². The summed E-state index contributed by atoms with van der Waals surface area (Å²) >= 11 is 0. The molecule has 0 aromatic carbocycles. The second-order valence-electron chi connectivity index (χ2n) is 7.13. The van der Waals surface area contributed by atoms with E-state index in [1.165, 1.54) is 0 Å². The Morgan fingerprint density at radius 3 is 1.61 bits per heavy atom. The zero-order valence-corrected chi connectivity index (χ0v) is 14.5. The predicted octanol–water partition coefficient (Wildman–Crippen LogP) is 2.82. The summed E-state index contributed by atoms with van der Waals surface area (Å²) in [6.45, 7) is 5.92. The summed E-state index contributed by atoms with van der Waals surface area (Å²) in [5.41, 5.74) is 0. The van der Waals surface area contributed by atoms with Crippen LogP contribution in [0.4, 0.5) is 0 Å². The van der Waals surface area contributed by atoms with Crippen molar-refractivity contribution in [1.29, 1.82) is 0 Å². The lowest BCUT2D eigenvalue weighted by molar-refractivity contribution is -0.145. The third-order valence-electron chi connectivity index (χ3n) is 4.86. The smallest absolute Gasteiger partial charge is 0.309 e. The minimum atomic E-state index is -0.0320. The van der Waals surface area contributed by atoms with E-state index in [0.717, 1.165) is 64.5 Å². The lowest BCUT2D eigenvalue weighted by atomic mass is 10.0. The Kier molecular flexibility index (Phi) is 7.34. The number of hydrogen-bond acceptors (Lipinski definition) is 5. The SMILES string of the molecule is C[C@@H]1C[C@@H](CCCCNCCCC[C@@H]2C[C@@H](C)C(=O)O2)OC1=O. The topological polar surface area (TPSA) is 64.6 Å². The maximum absolute atomic E-state index is 11.3. The average molecular weight is 325 g/mol. The minimum Gasteiger partial charge on any atom is -0.462 e. The summed E-state index contributed by atoms with van der Waals surface area (Å²) in [6.07, 6.45) is 8.50. The Morgan fingerprint density at radius 1 is 0.826 bits per heavy atom. The summed E-state index contributed by atoms with van der Waals surface area (Å²) in [5.74, 6) is 0.103. The van der Waals surface area contributed by atoms with Gasteiger partial charge in [-0.25, -0.2) is 0 Å². The summed E-state index contributed by atoms with van der Waals surface area (Å²) in [6, 6.07) is 0. The van der Waals surface area contributed by atoms with Crippen molar-refractivity contribution in [3.63, 3.8) is 0 Å². The molecule has 0 spiro atoms. The molecule has 5 heteroatoms. The molecule has 0 aromatic rings. The van der Waals surface area contributed by atoms with Gasteiger partial charge in [0.1, 0.15) is 12.2 Å². The molecular formula is C18H31NO4. The van der Waals surface area contributed by atoms with Crippen LogP contribution in [0.5, 0.6) is 0 Å². The Balaban J connectivity index is 1.36. The van der Waals surface area contributed by atoms with Crippen LogP contribution in [0, 0.1) is 11.8 Å². The number of unbranched alkanes of at least 4 members (excludes halogenated alkanes) is 2. The fourth-order valence-corrected chi connectivity index (χ4v) is 3.36. The van der Waals surface area contributed by atoms with Crippen molar-refractivity contribution >= 4 is 11.9 Å². The van der Waals surface area contributed by atoms with Gasteiger partial charge in [-0.1, -0.05) is 13.8 Å². The fourth-order valence-electron chi connectivity index (χ4n) is 3.36. The second-order valence-corrected chi connectivity index (χ2v) is 7.13. The zero-order chi connectivity index (χ0) is 16.7. The zero-order valence-electron chi connectivity index (χ0n) is 14.5. The van der Waals surface area contributed by atoms with E-state index in [4.69, 9.17) is 9.47 Å². The Bertz CT molecular complexity index is 362. The van der Waals surface area contributed by atoms with Crippen LogP contribution in [0.1, 0.15) is 65.2 Å². The number of ether oxygens (including phenoxy) is 2.